The van der Waals surface area contributed by atoms with Gasteiger partial charge in [-0.15, -0.1) is 0 Å². The average Bonchev–Trinajstić information content (AvgIpc) is 2.62. The highest BCUT2D eigenvalue weighted by atomic mass is 19.1. The molecule has 0 amide bonds. The van der Waals surface area contributed by atoms with Crippen LogP contribution in [0.2, 0.25) is 0 Å². The topological polar surface area (TPSA) is 40.5 Å². The third-order valence-electron chi connectivity index (χ3n) is 7.32. The molecular formula is C22H20F4O2. The lowest BCUT2D eigenvalue weighted by molar-refractivity contribution is -0.0286. The molecule has 2 nitrogen and oxygen atoms in total. The van der Waals surface area contributed by atoms with Gasteiger partial charge in [-0.05, 0) is 96.6 Å². The van der Waals surface area contributed by atoms with E-state index in [1.165, 1.54) is 24.3 Å². The molecule has 28 heavy (non-hydrogen) atoms. The normalized spacial score (nSPS) is 33.4. The standard InChI is InChI=1S/C22H20F4O2/c23-15-2-13(3-16(24)19(15)27)21-6-11-1-12(7-21)9-22(8-11,10-21)14-4-17(25)20(28)18(26)5-14/h2-5,11-12,27-28H,1,6-10H2. The molecule has 0 unspecified atom stereocenters. The molecule has 0 aromatic heterocycles. The summed E-state index contributed by atoms with van der Waals surface area (Å²) in [6.07, 6.45) is 4.65. The first kappa shape index (κ1) is 17.8. The summed E-state index contributed by atoms with van der Waals surface area (Å²) in [5, 5.41) is 18.9. The molecular weight excluding hydrogens is 372 g/mol. The molecule has 4 fully saturated rings. The highest BCUT2D eigenvalue weighted by Gasteiger charge is 2.59. The Bertz CT molecular complexity index is 851. The van der Waals surface area contributed by atoms with Crippen molar-refractivity contribution in [3.8, 4) is 11.5 Å². The molecule has 0 atom stereocenters. The van der Waals surface area contributed by atoms with Gasteiger partial charge in [-0.3, -0.25) is 0 Å². The van der Waals surface area contributed by atoms with Crippen molar-refractivity contribution >= 4 is 0 Å². The zero-order valence-electron chi connectivity index (χ0n) is 15.1. The van der Waals surface area contributed by atoms with Crippen molar-refractivity contribution < 1.29 is 27.8 Å². The van der Waals surface area contributed by atoms with E-state index in [0.717, 1.165) is 32.1 Å². The predicted molar refractivity (Wildman–Crippen MR) is 94.1 cm³/mol. The number of phenols is 2. The van der Waals surface area contributed by atoms with Crippen LogP contribution in [-0.2, 0) is 10.8 Å². The number of benzene rings is 2. The van der Waals surface area contributed by atoms with Crippen molar-refractivity contribution in [2.45, 2.75) is 49.4 Å². The van der Waals surface area contributed by atoms with E-state index in [1.807, 2.05) is 0 Å². The first-order valence-electron chi connectivity index (χ1n) is 9.58. The predicted octanol–water partition coefficient (Wildman–Crippen LogP) is 5.44. The third kappa shape index (κ3) is 2.39. The monoisotopic (exact) mass is 392 g/mol. The Labute approximate surface area is 159 Å². The number of aromatic hydroxyl groups is 2. The summed E-state index contributed by atoms with van der Waals surface area (Å²) in [5.74, 6) is -5.29. The molecule has 0 aliphatic heterocycles. The van der Waals surface area contributed by atoms with Gasteiger partial charge in [0.25, 0.3) is 0 Å². The molecule has 2 N–H and O–H groups in total. The summed E-state index contributed by atoms with van der Waals surface area (Å²) in [5.41, 5.74) is 0.0613. The molecule has 6 heteroatoms. The van der Waals surface area contributed by atoms with Crippen LogP contribution in [0.15, 0.2) is 24.3 Å². The lowest BCUT2D eigenvalue weighted by atomic mass is 9.41. The second-order valence-corrected chi connectivity index (χ2v) is 9.10. The fourth-order valence-corrected chi connectivity index (χ4v) is 6.68. The molecule has 0 radical (unpaired) electrons. The highest BCUT2D eigenvalue weighted by Crippen LogP contribution is 2.66. The second-order valence-electron chi connectivity index (χ2n) is 9.10. The van der Waals surface area contributed by atoms with Crippen molar-refractivity contribution in [1.82, 2.24) is 0 Å². The van der Waals surface area contributed by atoms with Crippen molar-refractivity contribution in [3.05, 3.63) is 58.7 Å². The van der Waals surface area contributed by atoms with Crippen molar-refractivity contribution in [2.24, 2.45) is 11.8 Å². The summed E-state index contributed by atoms with van der Waals surface area (Å²) < 4.78 is 56.3. The van der Waals surface area contributed by atoms with Crippen LogP contribution in [0.5, 0.6) is 11.5 Å². The van der Waals surface area contributed by atoms with Crippen LogP contribution in [0.3, 0.4) is 0 Å². The van der Waals surface area contributed by atoms with E-state index < -0.39 is 45.6 Å². The van der Waals surface area contributed by atoms with Gasteiger partial charge in [-0.25, -0.2) is 17.6 Å². The van der Waals surface area contributed by atoms with Gasteiger partial charge < -0.3 is 10.2 Å². The van der Waals surface area contributed by atoms with Gasteiger partial charge in [0, 0.05) is 0 Å². The van der Waals surface area contributed by atoms with Crippen LogP contribution in [0.25, 0.3) is 0 Å². The molecule has 4 bridgehead atoms. The average molecular weight is 392 g/mol. The van der Waals surface area contributed by atoms with Gasteiger partial charge in [0.05, 0.1) is 0 Å². The summed E-state index contributed by atoms with van der Waals surface area (Å²) in [6.45, 7) is 0. The number of rotatable bonds is 2. The van der Waals surface area contributed by atoms with E-state index in [0.29, 0.717) is 29.4 Å². The molecule has 4 aliphatic carbocycles. The second kappa shape index (κ2) is 5.65. The quantitative estimate of drug-likeness (QED) is 0.668. The molecule has 148 valence electrons. The van der Waals surface area contributed by atoms with Gasteiger partial charge in [0.2, 0.25) is 0 Å². The van der Waals surface area contributed by atoms with Crippen LogP contribution >= 0.6 is 0 Å². The lowest BCUT2D eigenvalue weighted by Crippen LogP contribution is -2.56. The Morgan fingerprint density at radius 2 is 0.964 bits per heavy atom. The highest BCUT2D eigenvalue weighted by molar-refractivity contribution is 5.42. The zero-order chi connectivity index (χ0) is 19.8. The maximum absolute atomic E-state index is 14.1. The zero-order valence-corrected chi connectivity index (χ0v) is 15.1. The molecule has 0 heterocycles. The first-order chi connectivity index (χ1) is 13.2. The number of phenolic OH excluding ortho intramolecular Hbond substituents is 2. The minimum absolute atomic E-state index is 0.307. The Morgan fingerprint density at radius 1 is 0.643 bits per heavy atom. The Hall–Kier alpha value is -2.24. The van der Waals surface area contributed by atoms with E-state index >= 15 is 0 Å². The molecule has 0 saturated heterocycles. The molecule has 6 rings (SSSR count). The summed E-state index contributed by atoms with van der Waals surface area (Å²) in [7, 11) is 0. The Balaban J connectivity index is 1.64. The van der Waals surface area contributed by atoms with Crippen LogP contribution in [0, 0.1) is 35.1 Å². The maximum atomic E-state index is 14.1. The van der Waals surface area contributed by atoms with Gasteiger partial charge in [0.15, 0.2) is 34.8 Å². The summed E-state index contributed by atoms with van der Waals surface area (Å²) in [6, 6.07) is 4.82. The van der Waals surface area contributed by atoms with E-state index in [2.05, 4.69) is 0 Å². The van der Waals surface area contributed by atoms with Gasteiger partial charge in [-0.2, -0.15) is 0 Å². The van der Waals surface area contributed by atoms with Crippen LogP contribution < -0.4 is 0 Å². The fraction of sp³-hybridized carbons (Fsp3) is 0.455. The van der Waals surface area contributed by atoms with Crippen molar-refractivity contribution in [2.75, 3.05) is 0 Å². The van der Waals surface area contributed by atoms with Crippen LogP contribution in [-0.4, -0.2) is 10.2 Å². The first-order valence-corrected chi connectivity index (χ1v) is 9.58. The Morgan fingerprint density at radius 3 is 1.29 bits per heavy atom. The molecule has 2 aromatic rings. The fourth-order valence-electron chi connectivity index (χ4n) is 6.68. The smallest absolute Gasteiger partial charge is 0.187 e. The minimum atomic E-state index is -0.985. The van der Waals surface area contributed by atoms with Gasteiger partial charge in [0.1, 0.15) is 0 Å². The molecule has 4 saturated carbocycles. The molecule has 4 aliphatic rings. The SMILES string of the molecule is Oc1c(F)cc(C23CC4CC(C2)CC(c2cc(F)c(O)c(F)c2)(C4)C3)cc1F. The minimum Gasteiger partial charge on any atom is -0.503 e. The third-order valence-corrected chi connectivity index (χ3v) is 7.32. The Kier molecular flexibility index (Phi) is 3.60. The molecule has 2 aromatic carbocycles. The number of hydrogen-bond acceptors (Lipinski definition) is 2. The van der Waals surface area contributed by atoms with Crippen molar-refractivity contribution in [1.29, 1.82) is 0 Å². The van der Waals surface area contributed by atoms with Gasteiger partial charge in [-0.1, -0.05) is 0 Å². The number of hydrogen-bond donors (Lipinski definition) is 2. The van der Waals surface area contributed by atoms with E-state index in [9.17, 15) is 27.8 Å². The largest absolute Gasteiger partial charge is 0.503 e. The lowest BCUT2D eigenvalue weighted by Gasteiger charge is -2.62. The van der Waals surface area contributed by atoms with Gasteiger partial charge >= 0.3 is 0 Å². The number of halogens is 4. The summed E-state index contributed by atoms with van der Waals surface area (Å²) >= 11 is 0. The van der Waals surface area contributed by atoms with E-state index in [4.69, 9.17) is 0 Å². The van der Waals surface area contributed by atoms with E-state index in [1.54, 1.807) is 0 Å². The van der Waals surface area contributed by atoms with Crippen molar-refractivity contribution in [3.63, 3.8) is 0 Å². The van der Waals surface area contributed by atoms with Crippen LogP contribution in [0.1, 0.15) is 49.7 Å². The summed E-state index contributed by atoms with van der Waals surface area (Å²) in [4.78, 5) is 0. The van der Waals surface area contributed by atoms with E-state index in [-0.39, 0.29) is 0 Å². The maximum Gasteiger partial charge on any atom is 0.187 e. The molecule has 0 spiro atoms. The van der Waals surface area contributed by atoms with Crippen LogP contribution in [0.4, 0.5) is 17.6 Å².